The summed E-state index contributed by atoms with van der Waals surface area (Å²) in [6.07, 6.45) is 11.2. The number of nitrogens with one attached hydrogen (secondary N) is 1. The van der Waals surface area contributed by atoms with Crippen LogP contribution in [-0.4, -0.2) is 29.6 Å². The van der Waals surface area contributed by atoms with Gasteiger partial charge in [-0.3, -0.25) is 0 Å². The predicted octanol–water partition coefficient (Wildman–Crippen LogP) is 3.93. The monoisotopic (exact) mass is 266 g/mol. The molecule has 0 bridgehead atoms. The number of rotatable bonds is 4. The van der Waals surface area contributed by atoms with E-state index in [1.54, 1.807) is 0 Å². The largest absolute Gasteiger partial charge is 0.335 e. The molecule has 2 aliphatic rings. The lowest BCUT2D eigenvalue weighted by Gasteiger charge is -2.33. The van der Waals surface area contributed by atoms with E-state index in [1.165, 1.54) is 57.8 Å². The molecule has 2 rings (SSSR count). The topological polar surface area (TPSA) is 32.3 Å². The Labute approximate surface area is 118 Å². The SMILES string of the molecule is CC(C)CN(C(=O)NC1CCCCC1)C1CCCC1. The zero-order chi connectivity index (χ0) is 13.7. The minimum Gasteiger partial charge on any atom is -0.335 e. The number of nitrogens with zero attached hydrogens (tertiary/aromatic N) is 1. The molecule has 3 heteroatoms. The first kappa shape index (κ1) is 14.7. The van der Waals surface area contributed by atoms with Crippen LogP contribution in [0.2, 0.25) is 0 Å². The molecule has 2 saturated carbocycles. The van der Waals surface area contributed by atoms with Crippen LogP contribution in [0.5, 0.6) is 0 Å². The van der Waals surface area contributed by atoms with Gasteiger partial charge in [0, 0.05) is 18.6 Å². The first-order chi connectivity index (χ1) is 9.16. The van der Waals surface area contributed by atoms with Crippen LogP contribution in [0.15, 0.2) is 0 Å². The highest BCUT2D eigenvalue weighted by molar-refractivity contribution is 5.75. The van der Waals surface area contributed by atoms with Gasteiger partial charge in [0.2, 0.25) is 0 Å². The minimum absolute atomic E-state index is 0.201. The number of hydrogen-bond acceptors (Lipinski definition) is 1. The fourth-order valence-corrected chi connectivity index (χ4v) is 3.51. The summed E-state index contributed by atoms with van der Waals surface area (Å²) in [4.78, 5) is 14.7. The van der Waals surface area contributed by atoms with E-state index in [9.17, 15) is 4.79 Å². The van der Waals surface area contributed by atoms with Crippen LogP contribution in [0.3, 0.4) is 0 Å². The van der Waals surface area contributed by atoms with E-state index in [1.807, 2.05) is 0 Å². The molecule has 0 aromatic rings. The summed E-state index contributed by atoms with van der Waals surface area (Å²) in [5.74, 6) is 0.553. The highest BCUT2D eigenvalue weighted by Gasteiger charge is 2.28. The maximum absolute atomic E-state index is 12.5. The summed E-state index contributed by atoms with van der Waals surface area (Å²) >= 11 is 0. The first-order valence-electron chi connectivity index (χ1n) is 8.24. The van der Waals surface area contributed by atoms with Gasteiger partial charge in [-0.2, -0.15) is 0 Å². The van der Waals surface area contributed by atoms with Crippen molar-refractivity contribution in [1.82, 2.24) is 10.2 Å². The Balaban J connectivity index is 1.89. The molecule has 0 aromatic carbocycles. The summed E-state index contributed by atoms with van der Waals surface area (Å²) < 4.78 is 0. The molecular weight excluding hydrogens is 236 g/mol. The Morgan fingerprint density at radius 3 is 2.21 bits per heavy atom. The van der Waals surface area contributed by atoms with E-state index < -0.39 is 0 Å². The molecule has 0 unspecified atom stereocenters. The van der Waals surface area contributed by atoms with Crippen molar-refractivity contribution < 1.29 is 4.79 Å². The van der Waals surface area contributed by atoms with Crippen molar-refractivity contribution >= 4 is 6.03 Å². The van der Waals surface area contributed by atoms with Gasteiger partial charge in [-0.15, -0.1) is 0 Å². The number of hydrogen-bond donors (Lipinski definition) is 1. The fraction of sp³-hybridized carbons (Fsp3) is 0.938. The molecule has 19 heavy (non-hydrogen) atoms. The van der Waals surface area contributed by atoms with Crippen LogP contribution in [0, 0.1) is 5.92 Å². The fourth-order valence-electron chi connectivity index (χ4n) is 3.51. The molecule has 0 aromatic heterocycles. The molecule has 110 valence electrons. The third-order valence-corrected chi connectivity index (χ3v) is 4.52. The van der Waals surface area contributed by atoms with Crippen LogP contribution in [-0.2, 0) is 0 Å². The molecular formula is C16H30N2O. The van der Waals surface area contributed by atoms with Gasteiger partial charge in [-0.25, -0.2) is 4.79 Å². The van der Waals surface area contributed by atoms with Gasteiger partial charge in [-0.1, -0.05) is 46.0 Å². The van der Waals surface area contributed by atoms with Crippen LogP contribution >= 0.6 is 0 Å². The van der Waals surface area contributed by atoms with Gasteiger partial charge >= 0.3 is 6.03 Å². The van der Waals surface area contributed by atoms with Crippen LogP contribution in [0.25, 0.3) is 0 Å². The van der Waals surface area contributed by atoms with Gasteiger partial charge in [0.1, 0.15) is 0 Å². The molecule has 2 fully saturated rings. The second-order valence-electron chi connectivity index (χ2n) is 6.77. The Hall–Kier alpha value is -0.730. The van der Waals surface area contributed by atoms with Gasteiger partial charge in [0.25, 0.3) is 0 Å². The van der Waals surface area contributed by atoms with E-state index in [0.29, 0.717) is 18.0 Å². The average molecular weight is 266 g/mol. The van der Waals surface area contributed by atoms with Crippen LogP contribution in [0.1, 0.15) is 71.6 Å². The number of amides is 2. The lowest BCUT2D eigenvalue weighted by atomic mass is 9.95. The Morgan fingerprint density at radius 2 is 1.63 bits per heavy atom. The van der Waals surface area contributed by atoms with Crippen molar-refractivity contribution in [3.8, 4) is 0 Å². The maximum Gasteiger partial charge on any atom is 0.317 e. The number of carbonyl (C=O) groups is 1. The van der Waals surface area contributed by atoms with E-state index in [2.05, 4.69) is 24.1 Å². The standard InChI is InChI=1S/C16H30N2O/c1-13(2)12-18(15-10-6-7-11-15)16(19)17-14-8-4-3-5-9-14/h13-15H,3-12H2,1-2H3,(H,17,19). The maximum atomic E-state index is 12.5. The Bertz CT molecular complexity index is 278. The zero-order valence-electron chi connectivity index (χ0n) is 12.7. The van der Waals surface area contributed by atoms with Crippen molar-refractivity contribution in [2.24, 2.45) is 5.92 Å². The van der Waals surface area contributed by atoms with Crippen molar-refractivity contribution in [3.05, 3.63) is 0 Å². The summed E-state index contributed by atoms with van der Waals surface area (Å²) in [7, 11) is 0. The molecule has 0 saturated heterocycles. The molecule has 2 amide bonds. The molecule has 0 aliphatic heterocycles. The second-order valence-corrected chi connectivity index (χ2v) is 6.77. The number of carbonyl (C=O) groups excluding carboxylic acids is 1. The lowest BCUT2D eigenvalue weighted by molar-refractivity contribution is 0.159. The van der Waals surface area contributed by atoms with Crippen molar-refractivity contribution in [2.75, 3.05) is 6.54 Å². The van der Waals surface area contributed by atoms with Gasteiger partial charge in [-0.05, 0) is 31.6 Å². The van der Waals surface area contributed by atoms with Crippen molar-refractivity contribution in [1.29, 1.82) is 0 Å². The molecule has 0 atom stereocenters. The van der Waals surface area contributed by atoms with Gasteiger partial charge in [0.05, 0.1) is 0 Å². The van der Waals surface area contributed by atoms with E-state index in [4.69, 9.17) is 0 Å². The molecule has 0 radical (unpaired) electrons. The molecule has 0 spiro atoms. The quantitative estimate of drug-likeness (QED) is 0.821. The highest BCUT2D eigenvalue weighted by Crippen LogP contribution is 2.25. The Morgan fingerprint density at radius 1 is 1.05 bits per heavy atom. The average Bonchev–Trinajstić information content (AvgIpc) is 2.90. The molecule has 3 nitrogen and oxygen atoms in total. The third kappa shape index (κ3) is 4.39. The summed E-state index contributed by atoms with van der Waals surface area (Å²) in [5.41, 5.74) is 0. The molecule has 0 heterocycles. The first-order valence-corrected chi connectivity index (χ1v) is 8.24. The van der Waals surface area contributed by atoms with Gasteiger partial charge < -0.3 is 10.2 Å². The van der Waals surface area contributed by atoms with Crippen LogP contribution in [0.4, 0.5) is 4.79 Å². The summed E-state index contributed by atoms with van der Waals surface area (Å²) in [6.45, 7) is 5.31. The highest BCUT2D eigenvalue weighted by atomic mass is 16.2. The smallest absolute Gasteiger partial charge is 0.317 e. The van der Waals surface area contributed by atoms with Crippen molar-refractivity contribution in [3.63, 3.8) is 0 Å². The second kappa shape index (κ2) is 7.16. The van der Waals surface area contributed by atoms with E-state index in [0.717, 1.165) is 6.54 Å². The van der Waals surface area contributed by atoms with E-state index in [-0.39, 0.29) is 6.03 Å². The third-order valence-electron chi connectivity index (χ3n) is 4.52. The number of urea groups is 1. The predicted molar refractivity (Wildman–Crippen MR) is 79.2 cm³/mol. The summed E-state index contributed by atoms with van der Waals surface area (Å²) in [6, 6.07) is 1.12. The Kier molecular flexibility index (Phi) is 5.53. The van der Waals surface area contributed by atoms with Crippen LogP contribution < -0.4 is 5.32 Å². The molecule has 2 aliphatic carbocycles. The normalized spacial score (nSPS) is 21.8. The lowest BCUT2D eigenvalue weighted by Crippen LogP contribution is -2.50. The summed E-state index contributed by atoms with van der Waals surface area (Å²) in [5, 5.41) is 3.29. The molecule has 1 N–H and O–H groups in total. The minimum atomic E-state index is 0.201. The van der Waals surface area contributed by atoms with Gasteiger partial charge in [0.15, 0.2) is 0 Å². The zero-order valence-corrected chi connectivity index (χ0v) is 12.7. The van der Waals surface area contributed by atoms with Crippen molar-refractivity contribution in [2.45, 2.75) is 83.7 Å². The van der Waals surface area contributed by atoms with E-state index >= 15 is 0 Å².